The van der Waals surface area contributed by atoms with Gasteiger partial charge in [0.2, 0.25) is 0 Å². The number of halogens is 4. The largest absolute Gasteiger partial charge is 0.338 e. The monoisotopic (exact) mass is 282 g/mol. The molecular formula is C6H14Cl4Si2. The summed E-state index contributed by atoms with van der Waals surface area (Å²) in [6.07, 6.45) is 1.89. The highest BCUT2D eigenvalue weighted by Crippen LogP contribution is 2.17. The Morgan fingerprint density at radius 2 is 1.33 bits per heavy atom. The van der Waals surface area contributed by atoms with E-state index < -0.39 is 13.4 Å². The lowest BCUT2D eigenvalue weighted by atomic mass is 10.8. The summed E-state index contributed by atoms with van der Waals surface area (Å²) < 4.78 is 0. The first-order valence-corrected chi connectivity index (χ1v) is 13.2. The second kappa shape index (κ2) is 6.74. The van der Waals surface area contributed by atoms with Gasteiger partial charge >= 0.3 is 6.00 Å². The van der Waals surface area contributed by atoms with Crippen molar-refractivity contribution in [2.24, 2.45) is 0 Å². The maximum atomic E-state index is 5.90. The van der Waals surface area contributed by atoms with E-state index >= 15 is 0 Å². The van der Waals surface area contributed by atoms with Crippen LogP contribution in [0.2, 0.25) is 25.7 Å². The predicted molar refractivity (Wildman–Crippen MR) is 67.5 cm³/mol. The van der Waals surface area contributed by atoms with Gasteiger partial charge in [-0.15, -0.1) is 39.8 Å². The van der Waals surface area contributed by atoms with Crippen LogP contribution in [0.1, 0.15) is 0 Å². The Kier molecular flexibility index (Phi) is 8.87. The Balaban J connectivity index is 0. The van der Waals surface area contributed by atoms with Crippen LogP contribution in [0.4, 0.5) is 0 Å². The predicted octanol–water partition coefficient (Wildman–Crippen LogP) is 4.89. The second-order valence-corrected chi connectivity index (χ2v) is 20.0. The molecule has 0 N–H and O–H groups in total. The third-order valence-corrected chi connectivity index (χ3v) is 2.35. The molecule has 0 radical (unpaired) electrons. The van der Waals surface area contributed by atoms with Crippen LogP contribution in [-0.2, 0) is 0 Å². The van der Waals surface area contributed by atoms with Crippen molar-refractivity contribution in [2.75, 3.05) is 0 Å². The fourth-order valence-electron chi connectivity index (χ4n) is 0.343. The van der Waals surface area contributed by atoms with Crippen LogP contribution in [0.25, 0.3) is 0 Å². The first-order valence-electron chi connectivity index (χ1n) is 3.43. The average Bonchev–Trinajstić information content (AvgIpc) is 1.54. The van der Waals surface area contributed by atoms with E-state index in [0.29, 0.717) is 0 Å². The molecule has 0 fully saturated rings. The van der Waals surface area contributed by atoms with Crippen molar-refractivity contribution in [3.63, 3.8) is 0 Å². The summed E-state index contributed by atoms with van der Waals surface area (Å²) >= 11 is 21.5. The molecule has 0 saturated carbocycles. The first kappa shape index (κ1) is 15.8. The molecule has 0 heterocycles. The lowest BCUT2D eigenvalue weighted by Gasteiger charge is -2.06. The van der Waals surface area contributed by atoms with Crippen molar-refractivity contribution in [3.05, 3.63) is 12.7 Å². The lowest BCUT2D eigenvalue weighted by molar-refractivity contribution is 1.61. The van der Waals surface area contributed by atoms with Crippen LogP contribution in [0, 0.1) is 0 Å². The zero-order chi connectivity index (χ0) is 10.4. The van der Waals surface area contributed by atoms with Gasteiger partial charge in [0.25, 0.3) is 0 Å². The molecule has 0 aromatic rings. The van der Waals surface area contributed by atoms with Crippen LogP contribution in [0.15, 0.2) is 12.7 Å². The van der Waals surface area contributed by atoms with Gasteiger partial charge in [-0.25, -0.2) is 0 Å². The number of hydrogen-bond donors (Lipinski definition) is 0. The van der Waals surface area contributed by atoms with Crippen molar-refractivity contribution >= 4 is 57.7 Å². The van der Waals surface area contributed by atoms with Crippen LogP contribution in [0.3, 0.4) is 0 Å². The first-order chi connectivity index (χ1) is 5.06. The Morgan fingerprint density at radius 3 is 1.33 bits per heavy atom. The SMILES string of the molecule is C=CC[Si](C)(C)Cl.C[Si](Cl)(Cl)Cl. The minimum absolute atomic E-state index is 1.01. The Morgan fingerprint density at radius 1 is 1.08 bits per heavy atom. The highest BCUT2D eigenvalue weighted by molar-refractivity contribution is 7.64. The lowest BCUT2D eigenvalue weighted by Crippen LogP contribution is -2.13. The summed E-state index contributed by atoms with van der Waals surface area (Å²) in [5, 5.41) is 0. The number of rotatable bonds is 2. The highest BCUT2D eigenvalue weighted by Gasteiger charge is 2.13. The fourth-order valence-corrected chi connectivity index (χ4v) is 1.36. The molecule has 0 spiro atoms. The Hall–Kier alpha value is 1.33. The minimum atomic E-state index is -2.19. The quantitative estimate of drug-likeness (QED) is 0.385. The zero-order valence-corrected chi connectivity index (χ0v) is 12.5. The van der Waals surface area contributed by atoms with E-state index in [1.807, 2.05) is 6.08 Å². The fraction of sp³-hybridized carbons (Fsp3) is 0.667. The van der Waals surface area contributed by atoms with Gasteiger partial charge in [0.15, 0.2) is 7.38 Å². The van der Waals surface area contributed by atoms with Crippen LogP contribution in [0.5, 0.6) is 0 Å². The molecule has 0 nitrogen and oxygen atoms in total. The maximum Gasteiger partial charge on any atom is 0.338 e. The van der Waals surface area contributed by atoms with Gasteiger partial charge in [-0.1, -0.05) is 19.2 Å². The van der Waals surface area contributed by atoms with Gasteiger partial charge in [0, 0.05) is 0 Å². The third-order valence-electron chi connectivity index (χ3n) is 0.630. The molecule has 0 bridgehead atoms. The van der Waals surface area contributed by atoms with E-state index in [1.54, 1.807) is 6.55 Å². The van der Waals surface area contributed by atoms with Crippen molar-refractivity contribution in [3.8, 4) is 0 Å². The van der Waals surface area contributed by atoms with E-state index in [2.05, 4.69) is 19.7 Å². The van der Waals surface area contributed by atoms with Crippen molar-refractivity contribution < 1.29 is 0 Å². The average molecular weight is 284 g/mol. The van der Waals surface area contributed by atoms with Crippen molar-refractivity contribution in [1.82, 2.24) is 0 Å². The topological polar surface area (TPSA) is 0 Å². The second-order valence-electron chi connectivity index (χ2n) is 2.99. The van der Waals surface area contributed by atoms with E-state index in [-0.39, 0.29) is 0 Å². The number of allylic oxidation sites excluding steroid dienone is 1. The summed E-state index contributed by atoms with van der Waals surface area (Å²) in [4.78, 5) is 0. The summed E-state index contributed by atoms with van der Waals surface area (Å²) in [6, 6.07) is -1.19. The normalized spacial score (nSPS) is 11.6. The van der Waals surface area contributed by atoms with E-state index in [1.165, 1.54) is 0 Å². The van der Waals surface area contributed by atoms with Crippen molar-refractivity contribution in [1.29, 1.82) is 0 Å². The smallest absolute Gasteiger partial charge is 0.167 e. The molecule has 0 aliphatic heterocycles. The van der Waals surface area contributed by atoms with Gasteiger partial charge in [-0.05, 0) is 12.6 Å². The molecule has 0 aromatic heterocycles. The molecule has 0 aromatic carbocycles. The Bertz CT molecular complexity index is 118. The molecule has 74 valence electrons. The molecule has 0 aliphatic rings. The summed E-state index contributed by atoms with van der Waals surface area (Å²) in [6.45, 7) is 9.43. The summed E-state index contributed by atoms with van der Waals surface area (Å²) in [7, 11) is -1.30. The summed E-state index contributed by atoms with van der Waals surface area (Å²) in [5.41, 5.74) is 0. The molecule has 6 heteroatoms. The molecule has 0 saturated heterocycles. The van der Waals surface area contributed by atoms with Gasteiger partial charge in [-0.3, -0.25) is 0 Å². The maximum absolute atomic E-state index is 5.90. The van der Waals surface area contributed by atoms with E-state index in [4.69, 9.17) is 44.3 Å². The van der Waals surface area contributed by atoms with Crippen molar-refractivity contribution in [2.45, 2.75) is 25.7 Å². The van der Waals surface area contributed by atoms with Crippen LogP contribution >= 0.6 is 44.3 Å². The standard InChI is InChI=1S/C5H11ClSi.CH3Cl3Si/c1-4-5-7(2,3)6;1-5(2,3)4/h4H,1,5H2,2-3H3;1H3. The van der Waals surface area contributed by atoms with Gasteiger partial charge in [0.05, 0.1) is 0 Å². The molecule has 0 aliphatic carbocycles. The molecule has 0 atom stereocenters. The van der Waals surface area contributed by atoms with E-state index in [9.17, 15) is 0 Å². The van der Waals surface area contributed by atoms with Gasteiger partial charge < -0.3 is 0 Å². The van der Waals surface area contributed by atoms with Gasteiger partial charge in [-0.2, -0.15) is 11.1 Å². The number of hydrogen-bond acceptors (Lipinski definition) is 0. The minimum Gasteiger partial charge on any atom is -0.167 e. The van der Waals surface area contributed by atoms with Gasteiger partial charge in [0.1, 0.15) is 0 Å². The zero-order valence-electron chi connectivity index (χ0n) is 7.50. The third kappa shape index (κ3) is 42.5. The molecular weight excluding hydrogens is 270 g/mol. The molecule has 0 rings (SSSR count). The molecule has 0 amide bonds. The van der Waals surface area contributed by atoms with Crippen LogP contribution < -0.4 is 0 Å². The molecule has 12 heavy (non-hydrogen) atoms. The highest BCUT2D eigenvalue weighted by atomic mass is 35.8. The Labute approximate surface area is 95.7 Å². The van der Waals surface area contributed by atoms with E-state index in [0.717, 1.165) is 6.04 Å². The van der Waals surface area contributed by atoms with Crippen LogP contribution in [-0.4, -0.2) is 13.4 Å². The molecule has 0 unspecified atom stereocenters. The summed E-state index contributed by atoms with van der Waals surface area (Å²) in [5.74, 6) is 0.